The molecule has 2 aliphatic heterocycles. The van der Waals surface area contributed by atoms with Crippen molar-refractivity contribution in [2.45, 2.75) is 26.3 Å². The molecule has 0 aromatic carbocycles. The summed E-state index contributed by atoms with van der Waals surface area (Å²) in [6, 6.07) is 4.16. The number of hydrogen-bond donors (Lipinski definition) is 0. The molecule has 6 nitrogen and oxygen atoms in total. The monoisotopic (exact) mass is 316 g/mol. The van der Waals surface area contributed by atoms with E-state index in [0.29, 0.717) is 26.1 Å². The quantitative estimate of drug-likeness (QED) is 0.834. The molecule has 1 aromatic heterocycles. The van der Waals surface area contributed by atoms with Crippen molar-refractivity contribution in [3.05, 3.63) is 24.5 Å². The number of aromatic nitrogens is 1. The summed E-state index contributed by atoms with van der Waals surface area (Å²) in [7, 11) is 0. The molecule has 0 saturated carbocycles. The van der Waals surface area contributed by atoms with Crippen LogP contribution in [0.5, 0.6) is 0 Å². The zero-order valence-electron chi connectivity index (χ0n) is 13.8. The zero-order chi connectivity index (χ0) is 16.4. The second-order valence-electron chi connectivity index (χ2n) is 6.56. The van der Waals surface area contributed by atoms with Crippen LogP contribution < -0.4 is 4.90 Å². The summed E-state index contributed by atoms with van der Waals surface area (Å²) in [6.07, 6.45) is 3.94. The molecule has 2 saturated heterocycles. The van der Waals surface area contributed by atoms with E-state index in [4.69, 9.17) is 0 Å². The summed E-state index contributed by atoms with van der Waals surface area (Å²) in [5.74, 6) is 0.0713. The van der Waals surface area contributed by atoms with Gasteiger partial charge in [-0.1, -0.05) is 0 Å². The van der Waals surface area contributed by atoms with Gasteiger partial charge in [-0.15, -0.1) is 0 Å². The van der Waals surface area contributed by atoms with E-state index in [9.17, 15) is 9.59 Å². The van der Waals surface area contributed by atoms with Gasteiger partial charge >= 0.3 is 0 Å². The largest absolute Gasteiger partial charge is 0.368 e. The highest BCUT2D eigenvalue weighted by atomic mass is 16.2. The standard InChI is InChI=1S/C17H24N4O2/c1-13(2)21-12-14(11-16(21)22)17(23)20-9-7-19(8-10-20)15-3-5-18-6-4-15/h3-6,13-14H,7-12H2,1-2H3/t14-/m0/s1. The molecule has 2 fully saturated rings. The van der Waals surface area contributed by atoms with Gasteiger partial charge in [0.1, 0.15) is 0 Å². The fourth-order valence-corrected chi connectivity index (χ4v) is 3.39. The average molecular weight is 316 g/mol. The number of rotatable bonds is 3. The molecule has 0 unspecified atom stereocenters. The van der Waals surface area contributed by atoms with Crippen LogP contribution in [0, 0.1) is 5.92 Å². The van der Waals surface area contributed by atoms with Crippen molar-refractivity contribution in [1.29, 1.82) is 0 Å². The van der Waals surface area contributed by atoms with Crippen molar-refractivity contribution in [2.24, 2.45) is 5.92 Å². The van der Waals surface area contributed by atoms with Crippen molar-refractivity contribution in [3.8, 4) is 0 Å². The van der Waals surface area contributed by atoms with Crippen LogP contribution in [0.4, 0.5) is 5.69 Å². The van der Waals surface area contributed by atoms with Crippen LogP contribution in [-0.2, 0) is 9.59 Å². The summed E-state index contributed by atoms with van der Waals surface area (Å²) in [6.45, 7) is 7.64. The van der Waals surface area contributed by atoms with Gasteiger partial charge in [0, 0.05) is 63.3 Å². The second kappa shape index (κ2) is 6.56. The molecule has 2 amide bonds. The second-order valence-corrected chi connectivity index (χ2v) is 6.56. The number of hydrogen-bond acceptors (Lipinski definition) is 4. The summed E-state index contributed by atoms with van der Waals surface area (Å²) in [5.41, 5.74) is 1.15. The fraction of sp³-hybridized carbons (Fsp3) is 0.588. The zero-order valence-corrected chi connectivity index (χ0v) is 13.8. The number of piperazine rings is 1. The van der Waals surface area contributed by atoms with Crippen LogP contribution in [-0.4, -0.2) is 65.4 Å². The minimum atomic E-state index is -0.169. The highest BCUT2D eigenvalue weighted by Crippen LogP contribution is 2.23. The topological polar surface area (TPSA) is 56.8 Å². The number of anilines is 1. The van der Waals surface area contributed by atoms with Crippen LogP contribution >= 0.6 is 0 Å². The van der Waals surface area contributed by atoms with E-state index in [1.165, 1.54) is 0 Å². The van der Waals surface area contributed by atoms with Gasteiger partial charge in [0.05, 0.1) is 5.92 Å². The lowest BCUT2D eigenvalue weighted by molar-refractivity contribution is -0.136. The Morgan fingerprint density at radius 3 is 2.39 bits per heavy atom. The first kappa shape index (κ1) is 15.8. The third-order valence-electron chi connectivity index (χ3n) is 4.75. The molecule has 124 valence electrons. The molecule has 0 spiro atoms. The summed E-state index contributed by atoms with van der Waals surface area (Å²) >= 11 is 0. The number of amides is 2. The Morgan fingerprint density at radius 1 is 1.17 bits per heavy atom. The third-order valence-corrected chi connectivity index (χ3v) is 4.75. The first-order valence-electron chi connectivity index (χ1n) is 8.29. The molecule has 3 rings (SSSR count). The smallest absolute Gasteiger partial charge is 0.228 e. The predicted octanol–water partition coefficient (Wildman–Crippen LogP) is 0.987. The molecule has 23 heavy (non-hydrogen) atoms. The molecule has 2 aliphatic rings. The number of carbonyl (C=O) groups excluding carboxylic acids is 2. The van der Waals surface area contributed by atoms with Crippen LogP contribution in [0.1, 0.15) is 20.3 Å². The van der Waals surface area contributed by atoms with Crippen molar-refractivity contribution < 1.29 is 9.59 Å². The molecule has 0 N–H and O–H groups in total. The van der Waals surface area contributed by atoms with Crippen molar-refractivity contribution in [1.82, 2.24) is 14.8 Å². The number of carbonyl (C=O) groups is 2. The molecule has 0 aliphatic carbocycles. The molecule has 1 aromatic rings. The van der Waals surface area contributed by atoms with Crippen molar-refractivity contribution in [2.75, 3.05) is 37.6 Å². The minimum Gasteiger partial charge on any atom is -0.368 e. The Kier molecular flexibility index (Phi) is 4.50. The van der Waals surface area contributed by atoms with Crippen molar-refractivity contribution in [3.63, 3.8) is 0 Å². The Labute approximate surface area is 137 Å². The summed E-state index contributed by atoms with van der Waals surface area (Å²) in [5, 5.41) is 0. The van der Waals surface area contributed by atoms with Gasteiger partial charge in [-0.2, -0.15) is 0 Å². The van der Waals surface area contributed by atoms with E-state index < -0.39 is 0 Å². The van der Waals surface area contributed by atoms with Gasteiger partial charge in [-0.3, -0.25) is 14.6 Å². The first-order valence-corrected chi connectivity index (χ1v) is 8.29. The lowest BCUT2D eigenvalue weighted by Gasteiger charge is -2.37. The van der Waals surface area contributed by atoms with Crippen LogP contribution in [0.2, 0.25) is 0 Å². The Bertz CT molecular complexity index is 567. The van der Waals surface area contributed by atoms with Gasteiger partial charge in [0.15, 0.2) is 0 Å². The molecule has 1 atom stereocenters. The summed E-state index contributed by atoms with van der Waals surface area (Å²) < 4.78 is 0. The van der Waals surface area contributed by atoms with Gasteiger partial charge in [-0.25, -0.2) is 0 Å². The number of likely N-dealkylation sites (tertiary alicyclic amines) is 1. The Hall–Kier alpha value is -2.11. The fourth-order valence-electron chi connectivity index (χ4n) is 3.39. The third kappa shape index (κ3) is 3.30. The lowest BCUT2D eigenvalue weighted by atomic mass is 10.1. The van der Waals surface area contributed by atoms with Gasteiger partial charge in [0.25, 0.3) is 0 Å². The molecular formula is C17H24N4O2. The van der Waals surface area contributed by atoms with Crippen LogP contribution in [0.25, 0.3) is 0 Å². The van der Waals surface area contributed by atoms with E-state index in [-0.39, 0.29) is 23.8 Å². The highest BCUT2D eigenvalue weighted by Gasteiger charge is 2.38. The normalized spacial score (nSPS) is 22.1. The van der Waals surface area contributed by atoms with Gasteiger partial charge in [0.2, 0.25) is 11.8 Å². The number of pyridine rings is 1. The van der Waals surface area contributed by atoms with Gasteiger partial charge in [-0.05, 0) is 26.0 Å². The summed E-state index contributed by atoms with van der Waals surface area (Å²) in [4.78, 5) is 34.7. The van der Waals surface area contributed by atoms with E-state index in [0.717, 1.165) is 18.8 Å². The molecule has 3 heterocycles. The minimum absolute atomic E-state index is 0.105. The average Bonchev–Trinajstić information content (AvgIpc) is 2.97. The SMILES string of the molecule is CC(C)N1C[C@@H](C(=O)N2CCN(c3ccncc3)CC2)CC1=O. The molecular weight excluding hydrogens is 292 g/mol. The maximum absolute atomic E-state index is 12.7. The van der Waals surface area contributed by atoms with Crippen molar-refractivity contribution >= 4 is 17.5 Å². The Morgan fingerprint density at radius 2 is 1.83 bits per heavy atom. The number of nitrogens with zero attached hydrogens (tertiary/aromatic N) is 4. The molecule has 6 heteroatoms. The van der Waals surface area contributed by atoms with Crippen LogP contribution in [0.15, 0.2) is 24.5 Å². The maximum Gasteiger partial charge on any atom is 0.228 e. The highest BCUT2D eigenvalue weighted by molar-refractivity contribution is 5.89. The van der Waals surface area contributed by atoms with Crippen LogP contribution in [0.3, 0.4) is 0 Å². The predicted molar refractivity (Wildman–Crippen MR) is 88.0 cm³/mol. The van der Waals surface area contributed by atoms with E-state index >= 15 is 0 Å². The molecule has 0 radical (unpaired) electrons. The van der Waals surface area contributed by atoms with Gasteiger partial charge < -0.3 is 14.7 Å². The molecule has 0 bridgehead atoms. The maximum atomic E-state index is 12.7. The van der Waals surface area contributed by atoms with E-state index in [1.807, 2.05) is 35.8 Å². The Balaban J connectivity index is 1.56. The first-order chi connectivity index (χ1) is 11.1. The lowest BCUT2D eigenvalue weighted by Crippen LogP contribution is -2.50. The van der Waals surface area contributed by atoms with E-state index in [1.54, 1.807) is 12.4 Å². The van der Waals surface area contributed by atoms with E-state index in [2.05, 4.69) is 9.88 Å².